The predicted octanol–water partition coefficient (Wildman–Crippen LogP) is 2.44. The molecule has 0 aromatic carbocycles. The van der Waals surface area contributed by atoms with E-state index in [0.717, 1.165) is 30.4 Å². The molecular weight excluding hydrogens is 870 g/mol. The van der Waals surface area contributed by atoms with Crippen molar-refractivity contribution in [2.45, 2.75) is 50.9 Å². The summed E-state index contributed by atoms with van der Waals surface area (Å²) in [4.78, 5) is 92.2. The highest BCUT2D eigenvalue weighted by Crippen LogP contribution is 2.32. The first-order valence-electron chi connectivity index (χ1n) is 20.9. The van der Waals surface area contributed by atoms with Gasteiger partial charge in [-0.15, -0.1) is 0 Å². The van der Waals surface area contributed by atoms with E-state index >= 15 is 0 Å². The van der Waals surface area contributed by atoms with Crippen LogP contribution in [0.2, 0.25) is 0 Å². The number of nitrogens with zero attached hydrogens (tertiary/aromatic N) is 14. The van der Waals surface area contributed by atoms with Crippen LogP contribution in [0.5, 0.6) is 0 Å². The first-order valence-corrected chi connectivity index (χ1v) is 20.9. The van der Waals surface area contributed by atoms with Crippen molar-refractivity contribution in [2.24, 2.45) is 19.8 Å². The molecule has 0 radical (unpaired) electrons. The number of fused-ring (bicyclic) bond motifs is 4. The van der Waals surface area contributed by atoms with Gasteiger partial charge >= 0.3 is 23.5 Å². The molecule has 0 saturated carbocycles. The Hall–Kier alpha value is -7.77. The second kappa shape index (κ2) is 18.4. The number of aromatic nitrogens is 14. The monoisotopic (exact) mass is 914 g/mol. The number of aromatic amines is 2. The number of aromatic carboxylic acids is 1. The normalized spacial score (nSPS) is 15.0. The summed E-state index contributed by atoms with van der Waals surface area (Å²) >= 11 is 0. The average Bonchev–Trinajstić information content (AvgIpc) is 4.04. The number of halogens is 3. The maximum Gasteiger partial charge on any atom is 0.405 e. The Kier molecular flexibility index (Phi) is 12.5. The maximum absolute atomic E-state index is 12.5. The number of carbonyl (C=O) groups is 2. The Balaban J connectivity index is 0.000000171. The summed E-state index contributed by atoms with van der Waals surface area (Å²) in [5.74, 6) is -1.22. The number of imidazole rings is 4. The molecule has 8 aromatic heterocycles. The number of anilines is 2. The first-order chi connectivity index (χ1) is 31.7. The van der Waals surface area contributed by atoms with Gasteiger partial charge in [0, 0.05) is 64.8 Å². The highest BCUT2D eigenvalue weighted by molar-refractivity contribution is 5.96. The number of hydrogen-bond donors (Lipinski definition) is 5. The average molecular weight is 915 g/mol. The molecule has 10 rings (SSSR count). The van der Waals surface area contributed by atoms with Crippen molar-refractivity contribution in [1.82, 2.24) is 73.4 Å². The molecule has 0 atom stereocenters. The minimum Gasteiger partial charge on any atom is -0.475 e. The van der Waals surface area contributed by atoms with Crippen LogP contribution in [-0.4, -0.2) is 131 Å². The second-order valence-electron chi connectivity index (χ2n) is 15.5. The molecule has 346 valence electrons. The van der Waals surface area contributed by atoms with E-state index in [0.29, 0.717) is 84.3 Å². The van der Waals surface area contributed by atoms with E-state index in [9.17, 15) is 37.5 Å². The molecule has 2 saturated heterocycles. The third-order valence-corrected chi connectivity index (χ3v) is 11.4. The first kappa shape index (κ1) is 44.8. The van der Waals surface area contributed by atoms with E-state index in [1.807, 2.05) is 35.3 Å². The van der Waals surface area contributed by atoms with Gasteiger partial charge in [0.2, 0.25) is 11.6 Å². The van der Waals surface area contributed by atoms with Crippen LogP contribution in [0.25, 0.3) is 44.7 Å². The predicted molar refractivity (Wildman–Crippen MR) is 234 cm³/mol. The fourth-order valence-corrected chi connectivity index (χ4v) is 8.40. The number of nitrogens with one attached hydrogen (secondary N) is 3. The molecule has 0 spiro atoms. The number of aryl methyl sites for hydroxylation is 2. The van der Waals surface area contributed by atoms with E-state index in [1.54, 1.807) is 34.6 Å². The third-order valence-electron chi connectivity index (χ3n) is 11.4. The van der Waals surface area contributed by atoms with Gasteiger partial charge in [0.1, 0.15) is 19.2 Å². The molecule has 10 heterocycles. The third kappa shape index (κ3) is 8.72. The van der Waals surface area contributed by atoms with Gasteiger partial charge in [-0.3, -0.25) is 23.9 Å². The molecular formula is C40H45F3N18O5. The molecule has 8 aromatic rings. The Labute approximate surface area is 370 Å². The lowest BCUT2D eigenvalue weighted by Gasteiger charge is -2.33. The van der Waals surface area contributed by atoms with E-state index in [2.05, 4.69) is 54.7 Å². The Bertz CT molecular complexity index is 3170. The summed E-state index contributed by atoms with van der Waals surface area (Å²) in [5.41, 5.74) is 8.77. The van der Waals surface area contributed by atoms with E-state index in [-0.39, 0.29) is 35.1 Å². The molecule has 26 heteroatoms. The number of alkyl halides is 3. The van der Waals surface area contributed by atoms with Crippen LogP contribution < -0.4 is 32.2 Å². The van der Waals surface area contributed by atoms with Crippen LogP contribution in [-0.2, 0) is 14.1 Å². The van der Waals surface area contributed by atoms with Gasteiger partial charge in [-0.05, 0) is 56.5 Å². The van der Waals surface area contributed by atoms with Crippen LogP contribution in [0.4, 0.5) is 24.8 Å². The van der Waals surface area contributed by atoms with Crippen LogP contribution >= 0.6 is 0 Å². The van der Waals surface area contributed by atoms with Crippen molar-refractivity contribution in [3.8, 4) is 0 Å². The van der Waals surface area contributed by atoms with Crippen molar-refractivity contribution in [3.05, 3.63) is 81.9 Å². The summed E-state index contributed by atoms with van der Waals surface area (Å²) in [6.45, 7) is 3.64. The Morgan fingerprint density at radius 2 is 1.17 bits per heavy atom. The summed E-state index contributed by atoms with van der Waals surface area (Å²) in [5, 5.41) is 11.2. The standard InChI is InChI=1S/C20H20F3N9O2.C18H18N8O3.C2H7N/c1-30-15-13(28-17(30)18(33)25-9-20(21,22)23)16(27-10-26-15)31-7-4-11(5-8-31)32-12-3-2-6-24-14(12)29-19(32)34;1-24-14-12(22-16(24)17(27)28)15(21-9-20-14)25-7-4-10(5-8-25)26-11-3-2-6-19-13(11)23-18(26)29;1-2-3/h2-3,6,10-11H,4-5,7-9H2,1H3,(H,25,33)(H,24,29,34);2-3,6,9-10H,4-5,7-8H2,1H3,(H,27,28)(H,19,23,29);2-3H2,1H3. The number of amides is 1. The number of rotatable bonds is 7. The van der Waals surface area contributed by atoms with Gasteiger partial charge in [0.05, 0.1) is 11.0 Å². The minimum absolute atomic E-state index is 0.0357. The number of H-pyrrole nitrogens is 2. The lowest BCUT2D eigenvalue weighted by Crippen LogP contribution is -2.37. The number of carboxylic acid groups (broad SMARTS) is 1. The topological polar surface area (TPSA) is 287 Å². The number of pyridine rings is 2. The number of piperidine rings is 2. The highest BCUT2D eigenvalue weighted by atomic mass is 19.4. The van der Waals surface area contributed by atoms with Crippen molar-refractivity contribution in [1.29, 1.82) is 0 Å². The van der Waals surface area contributed by atoms with Gasteiger partial charge in [0.25, 0.3) is 5.91 Å². The lowest BCUT2D eigenvalue weighted by atomic mass is 10.0. The fraction of sp³-hybridized carbons (Fsp3) is 0.400. The number of nitrogens with two attached hydrogens (primary N) is 1. The summed E-state index contributed by atoms with van der Waals surface area (Å²) in [7, 11) is 3.14. The second-order valence-corrected chi connectivity index (χ2v) is 15.5. The fourth-order valence-electron chi connectivity index (χ4n) is 8.40. The molecule has 0 aliphatic carbocycles. The Morgan fingerprint density at radius 3 is 1.59 bits per heavy atom. The highest BCUT2D eigenvalue weighted by Gasteiger charge is 2.31. The molecule has 23 nitrogen and oxygen atoms in total. The summed E-state index contributed by atoms with van der Waals surface area (Å²) < 4.78 is 43.8. The van der Waals surface area contributed by atoms with Crippen molar-refractivity contribution >= 4 is 68.2 Å². The van der Waals surface area contributed by atoms with Crippen LogP contribution in [0.3, 0.4) is 0 Å². The van der Waals surface area contributed by atoms with Gasteiger partial charge < -0.3 is 35.1 Å². The van der Waals surface area contributed by atoms with Gasteiger partial charge in [0.15, 0.2) is 45.3 Å². The van der Waals surface area contributed by atoms with Gasteiger partial charge in [-0.1, -0.05) is 6.92 Å². The lowest BCUT2D eigenvalue weighted by molar-refractivity contribution is -0.123. The van der Waals surface area contributed by atoms with Crippen molar-refractivity contribution < 1.29 is 27.9 Å². The molecule has 6 N–H and O–H groups in total. The zero-order valence-corrected chi connectivity index (χ0v) is 35.9. The Morgan fingerprint density at radius 1 is 0.742 bits per heavy atom. The summed E-state index contributed by atoms with van der Waals surface area (Å²) in [6, 6.07) is 7.35. The number of carbonyl (C=O) groups excluding carboxylic acids is 1. The smallest absolute Gasteiger partial charge is 0.405 e. The van der Waals surface area contributed by atoms with Crippen molar-refractivity contribution in [2.75, 3.05) is 49.1 Å². The summed E-state index contributed by atoms with van der Waals surface area (Å²) in [6.07, 6.45) is 4.29. The minimum atomic E-state index is -4.53. The zero-order chi connectivity index (χ0) is 46.9. The van der Waals surface area contributed by atoms with E-state index in [1.165, 1.54) is 28.8 Å². The SMILES string of the molecule is CCN.Cn1c(C(=O)NCC(F)(F)F)nc2c(N3CCC(n4c(=O)[nH]c5ncccc54)CC3)ncnc21.Cn1c(C(=O)O)nc2c(N3CCC(n4c(=O)[nH]c5ncccc54)CC3)ncnc21. The molecule has 0 unspecified atom stereocenters. The molecule has 2 aliphatic heterocycles. The van der Waals surface area contributed by atoms with Crippen molar-refractivity contribution in [3.63, 3.8) is 0 Å². The quantitative estimate of drug-likeness (QED) is 0.153. The largest absolute Gasteiger partial charge is 0.475 e. The van der Waals surface area contributed by atoms with E-state index < -0.39 is 24.6 Å². The van der Waals surface area contributed by atoms with Crippen LogP contribution in [0, 0.1) is 0 Å². The van der Waals surface area contributed by atoms with E-state index in [4.69, 9.17) is 5.73 Å². The number of carboxylic acids is 1. The van der Waals surface area contributed by atoms with Gasteiger partial charge in [-0.25, -0.2) is 54.3 Å². The molecule has 2 fully saturated rings. The molecule has 66 heavy (non-hydrogen) atoms. The molecule has 2 aliphatic rings. The number of hydrogen-bond acceptors (Lipinski definition) is 15. The van der Waals surface area contributed by atoms with Crippen LogP contribution in [0.15, 0.2) is 58.9 Å². The molecule has 0 bridgehead atoms. The molecule has 1 amide bonds. The van der Waals surface area contributed by atoms with Crippen LogP contribution in [0.1, 0.15) is 65.9 Å². The maximum atomic E-state index is 12.5. The zero-order valence-electron chi connectivity index (χ0n) is 35.9. The van der Waals surface area contributed by atoms with Gasteiger partial charge in [-0.2, -0.15) is 13.2 Å².